The first kappa shape index (κ1) is 23.4. The molecule has 2 aromatic rings. The summed E-state index contributed by atoms with van der Waals surface area (Å²) in [6, 6.07) is 1.47. The van der Waals surface area contributed by atoms with Crippen LogP contribution in [0.5, 0.6) is 0 Å². The van der Waals surface area contributed by atoms with Crippen LogP contribution >= 0.6 is 23.5 Å². The number of phosphoric ester groups is 1. The molecule has 6 unspecified atom stereocenters. The van der Waals surface area contributed by atoms with Gasteiger partial charge in [-0.1, -0.05) is 0 Å². The highest BCUT2D eigenvalue weighted by Crippen LogP contribution is 2.67. The molecule has 6 atom stereocenters. The molecule has 0 amide bonds. The molecule has 0 bridgehead atoms. The average Bonchev–Trinajstić information content (AvgIpc) is 3.09. The Kier molecular flexibility index (Phi) is 6.23. The molecule has 20 heteroatoms. The predicted molar refractivity (Wildman–Crippen MR) is 92.8 cm³/mol. The fourth-order valence-corrected chi connectivity index (χ4v) is 5.67. The molecule has 1 aliphatic heterocycles. The van der Waals surface area contributed by atoms with Crippen LogP contribution in [0.25, 0.3) is 11.0 Å². The molecule has 0 spiro atoms. The molecule has 3 heterocycles. The van der Waals surface area contributed by atoms with Gasteiger partial charge in [-0.3, -0.25) is 4.52 Å². The fourth-order valence-electron chi connectivity index (χ4n) is 2.57. The summed E-state index contributed by atoms with van der Waals surface area (Å²) in [7, 11) is -16.9. The van der Waals surface area contributed by atoms with E-state index in [1.54, 1.807) is 0 Å². The summed E-state index contributed by atoms with van der Waals surface area (Å²) in [6.45, 7) is 0. The first-order valence-corrected chi connectivity index (χ1v) is 12.1. The maximum absolute atomic E-state index is 11.9. The van der Waals surface area contributed by atoms with Crippen molar-refractivity contribution in [2.24, 2.45) is 0 Å². The maximum atomic E-state index is 11.9. The van der Waals surface area contributed by atoms with Gasteiger partial charge in [-0.25, -0.2) is 23.7 Å². The van der Waals surface area contributed by atoms with Crippen LogP contribution in [-0.2, 0) is 31.6 Å². The van der Waals surface area contributed by atoms with Crippen LogP contribution in [0.2, 0.25) is 0 Å². The van der Waals surface area contributed by atoms with E-state index in [2.05, 4.69) is 23.1 Å². The summed E-state index contributed by atoms with van der Waals surface area (Å²) in [5, 5.41) is 20.6. The van der Waals surface area contributed by atoms with Gasteiger partial charge in [0.2, 0.25) is 0 Å². The van der Waals surface area contributed by atoms with Crippen LogP contribution in [-0.4, -0.2) is 62.8 Å². The minimum Gasteiger partial charge on any atom is -0.385 e. The number of nitrogen functional groups attached to an aromatic ring is 1. The van der Waals surface area contributed by atoms with E-state index in [4.69, 9.17) is 25.2 Å². The molecule has 0 aliphatic carbocycles. The number of phosphoric acid groups is 3. The van der Waals surface area contributed by atoms with E-state index in [1.165, 1.54) is 16.8 Å². The summed E-state index contributed by atoms with van der Waals surface area (Å²) in [4.78, 5) is 43.5. The van der Waals surface area contributed by atoms with Crippen molar-refractivity contribution < 1.29 is 61.4 Å². The Morgan fingerprint density at radius 2 is 1.70 bits per heavy atom. The molecule has 0 radical (unpaired) electrons. The zero-order chi connectivity index (χ0) is 22.5. The van der Waals surface area contributed by atoms with E-state index in [-0.39, 0.29) is 11.5 Å². The van der Waals surface area contributed by atoms with E-state index in [9.17, 15) is 28.8 Å². The average molecular weight is 492 g/mol. The van der Waals surface area contributed by atoms with Crippen molar-refractivity contribution in [3.8, 4) is 0 Å². The SMILES string of the molecule is Nc1ncnc2c1ccn2C1OC(OP(=O)(O)OP(=O)(O)OP(=O)(O)O)C(O)C1O. The number of hydrogen-bond acceptors (Lipinski definition) is 12. The monoisotopic (exact) mass is 492 g/mol. The molecule has 0 aromatic carbocycles. The van der Waals surface area contributed by atoms with Crippen molar-refractivity contribution in [1.82, 2.24) is 14.5 Å². The normalized spacial score (nSPS) is 29.0. The number of hydrogen-bond donors (Lipinski definition) is 7. The zero-order valence-corrected chi connectivity index (χ0v) is 17.0. The summed E-state index contributed by atoms with van der Waals surface area (Å²) in [5.74, 6) is 0.108. The molecule has 17 nitrogen and oxygen atoms in total. The second-order valence-electron chi connectivity index (χ2n) is 5.79. The second kappa shape index (κ2) is 8.00. The Morgan fingerprint density at radius 3 is 2.33 bits per heavy atom. The van der Waals surface area contributed by atoms with Gasteiger partial charge in [-0.15, -0.1) is 0 Å². The number of aliphatic hydroxyl groups excluding tert-OH is 2. The quantitative estimate of drug-likeness (QED) is 0.227. The van der Waals surface area contributed by atoms with Crippen molar-refractivity contribution in [3.05, 3.63) is 18.6 Å². The number of aromatic nitrogens is 3. The Morgan fingerprint density at radius 1 is 1.03 bits per heavy atom. The zero-order valence-electron chi connectivity index (χ0n) is 14.3. The lowest BCUT2D eigenvalue weighted by atomic mass is 10.2. The molecular weight excluding hydrogens is 477 g/mol. The van der Waals surface area contributed by atoms with Crippen LogP contribution in [0.3, 0.4) is 0 Å². The van der Waals surface area contributed by atoms with Crippen molar-refractivity contribution >= 4 is 40.3 Å². The third-order valence-electron chi connectivity index (χ3n) is 3.66. The number of rotatable bonds is 7. The first-order valence-electron chi connectivity index (χ1n) is 7.60. The van der Waals surface area contributed by atoms with Gasteiger partial charge in [0.05, 0.1) is 5.39 Å². The summed E-state index contributed by atoms with van der Waals surface area (Å²) in [6.07, 6.45) is -4.71. The van der Waals surface area contributed by atoms with Crippen LogP contribution < -0.4 is 5.73 Å². The van der Waals surface area contributed by atoms with Gasteiger partial charge in [0.1, 0.15) is 30.0 Å². The minimum atomic E-state index is -5.77. The van der Waals surface area contributed by atoms with E-state index >= 15 is 0 Å². The van der Waals surface area contributed by atoms with Gasteiger partial charge in [-0.2, -0.15) is 8.62 Å². The van der Waals surface area contributed by atoms with E-state index < -0.39 is 48.2 Å². The van der Waals surface area contributed by atoms with Crippen LogP contribution in [0, 0.1) is 0 Å². The molecule has 168 valence electrons. The fraction of sp³-hybridized carbons (Fsp3) is 0.400. The van der Waals surface area contributed by atoms with Gasteiger partial charge in [0, 0.05) is 6.20 Å². The van der Waals surface area contributed by atoms with E-state index in [0.29, 0.717) is 5.39 Å². The highest BCUT2D eigenvalue weighted by molar-refractivity contribution is 7.66. The largest absolute Gasteiger partial charge is 0.490 e. The number of nitrogens with two attached hydrogens (primary N) is 1. The molecule has 30 heavy (non-hydrogen) atoms. The summed E-state index contributed by atoms with van der Waals surface area (Å²) in [5.41, 5.74) is 5.88. The predicted octanol–water partition coefficient (Wildman–Crippen LogP) is -1.07. The van der Waals surface area contributed by atoms with E-state index in [1.807, 2.05) is 0 Å². The Labute approximate surface area is 166 Å². The van der Waals surface area contributed by atoms with Crippen molar-refractivity contribution in [2.75, 3.05) is 5.73 Å². The lowest BCUT2D eigenvalue weighted by molar-refractivity contribution is -0.133. The van der Waals surface area contributed by atoms with Gasteiger partial charge in [0.15, 0.2) is 12.5 Å². The third kappa shape index (κ3) is 5.12. The van der Waals surface area contributed by atoms with Gasteiger partial charge in [-0.05, 0) is 6.07 Å². The second-order valence-corrected chi connectivity index (χ2v) is 10.2. The molecule has 1 saturated heterocycles. The van der Waals surface area contributed by atoms with Crippen LogP contribution in [0.15, 0.2) is 18.6 Å². The maximum Gasteiger partial charge on any atom is 0.490 e. The number of fused-ring (bicyclic) bond motifs is 1. The molecule has 8 N–H and O–H groups in total. The van der Waals surface area contributed by atoms with E-state index in [0.717, 1.165) is 6.33 Å². The standard InChI is InChI=1S/C10H15N4O13P3/c11-7-4-1-2-14(8(4)13-3-12-7)9-5(15)6(16)10(24-9)25-29(20,21)27-30(22,23)26-28(17,18)19/h1-3,5-6,9-10,15-16H,(H,20,21)(H,22,23)(H2,11,12,13)(H2,17,18,19). The smallest absolute Gasteiger partial charge is 0.385 e. The van der Waals surface area contributed by atoms with Crippen LogP contribution in [0.4, 0.5) is 5.82 Å². The molecular formula is C10H15N4O13P3. The number of aliphatic hydroxyl groups is 2. The Hall–Kier alpha value is -1.29. The summed E-state index contributed by atoms with van der Waals surface area (Å²) < 4.78 is 51.8. The minimum absolute atomic E-state index is 0.108. The van der Waals surface area contributed by atoms with Gasteiger partial charge < -0.3 is 44.8 Å². The highest BCUT2D eigenvalue weighted by atomic mass is 31.3. The number of ether oxygens (including phenoxy) is 1. The van der Waals surface area contributed by atoms with Gasteiger partial charge >= 0.3 is 23.5 Å². The van der Waals surface area contributed by atoms with Crippen molar-refractivity contribution in [3.63, 3.8) is 0 Å². The molecule has 2 aromatic heterocycles. The van der Waals surface area contributed by atoms with Gasteiger partial charge in [0.25, 0.3) is 0 Å². The highest BCUT2D eigenvalue weighted by Gasteiger charge is 2.50. The first-order chi connectivity index (χ1) is 13.7. The lowest BCUT2D eigenvalue weighted by Crippen LogP contribution is -2.32. The number of anilines is 1. The molecule has 0 saturated carbocycles. The topological polar surface area (TPSA) is 266 Å². The molecule has 1 fully saturated rings. The summed E-state index contributed by atoms with van der Waals surface area (Å²) >= 11 is 0. The molecule has 3 rings (SSSR count). The number of nitrogens with zero attached hydrogens (tertiary/aromatic N) is 3. The molecule has 1 aliphatic rings. The Bertz CT molecular complexity index is 1090. The third-order valence-corrected chi connectivity index (χ3v) is 7.46. The lowest BCUT2D eigenvalue weighted by Gasteiger charge is -2.20. The van der Waals surface area contributed by atoms with Crippen LogP contribution in [0.1, 0.15) is 6.23 Å². The van der Waals surface area contributed by atoms with Crippen molar-refractivity contribution in [1.29, 1.82) is 0 Å². The Balaban J connectivity index is 1.78. The van der Waals surface area contributed by atoms with Crippen molar-refractivity contribution in [2.45, 2.75) is 24.7 Å².